The maximum absolute atomic E-state index is 9.89. The minimum atomic E-state index is 0.252. The van der Waals surface area contributed by atoms with Crippen molar-refractivity contribution < 1.29 is 5.11 Å². The molecule has 2 rings (SSSR count). The van der Waals surface area contributed by atoms with Crippen molar-refractivity contribution in [2.45, 2.75) is 0 Å². The third-order valence-electron chi connectivity index (χ3n) is 1.75. The molecule has 0 saturated heterocycles. The van der Waals surface area contributed by atoms with E-state index in [-0.39, 0.29) is 5.75 Å². The number of halogens is 2. The van der Waals surface area contributed by atoms with Gasteiger partial charge in [0, 0.05) is 15.4 Å². The van der Waals surface area contributed by atoms with Crippen molar-refractivity contribution in [3.8, 4) is 16.2 Å². The van der Waals surface area contributed by atoms with Gasteiger partial charge in [-0.15, -0.1) is 22.7 Å². The van der Waals surface area contributed by atoms with E-state index >= 15 is 0 Å². The third kappa shape index (κ3) is 2.50. The SMILES string of the molecule is Oc1c(Br)cc(Br)cc1-c1csc(=S)s1. The van der Waals surface area contributed by atoms with Gasteiger partial charge in [-0.2, -0.15) is 0 Å². The molecule has 0 amide bonds. The summed E-state index contributed by atoms with van der Waals surface area (Å²) in [5.41, 5.74) is 0.800. The molecule has 15 heavy (non-hydrogen) atoms. The minimum Gasteiger partial charge on any atom is -0.506 e. The van der Waals surface area contributed by atoms with Crippen LogP contribution < -0.4 is 0 Å². The highest BCUT2D eigenvalue weighted by Crippen LogP contribution is 2.41. The second-order valence-electron chi connectivity index (χ2n) is 2.74. The van der Waals surface area contributed by atoms with Gasteiger partial charge < -0.3 is 5.11 Å². The number of hydrogen-bond donors (Lipinski definition) is 1. The summed E-state index contributed by atoms with van der Waals surface area (Å²) in [6.45, 7) is 0. The quantitative estimate of drug-likeness (QED) is 0.662. The third-order valence-corrected chi connectivity index (χ3v) is 5.31. The normalized spacial score (nSPS) is 10.5. The van der Waals surface area contributed by atoms with E-state index in [9.17, 15) is 5.11 Å². The summed E-state index contributed by atoms with van der Waals surface area (Å²) in [4.78, 5) is 0.990. The maximum Gasteiger partial charge on any atom is 0.144 e. The van der Waals surface area contributed by atoms with Crippen LogP contribution in [0.15, 0.2) is 26.5 Å². The summed E-state index contributed by atoms with van der Waals surface area (Å²) in [5.74, 6) is 0.252. The first kappa shape index (κ1) is 11.7. The van der Waals surface area contributed by atoms with Crippen molar-refractivity contribution in [3.63, 3.8) is 0 Å². The molecule has 1 aromatic carbocycles. The van der Waals surface area contributed by atoms with Crippen LogP contribution in [0.2, 0.25) is 0 Å². The average Bonchev–Trinajstić information content (AvgIpc) is 2.58. The Kier molecular flexibility index (Phi) is 3.62. The van der Waals surface area contributed by atoms with E-state index < -0.39 is 0 Å². The van der Waals surface area contributed by atoms with Gasteiger partial charge in [0.1, 0.15) is 8.89 Å². The fraction of sp³-hybridized carbons (Fsp3) is 0. The van der Waals surface area contributed by atoms with E-state index in [1.807, 2.05) is 17.5 Å². The van der Waals surface area contributed by atoms with Crippen LogP contribution in [0.25, 0.3) is 10.4 Å². The van der Waals surface area contributed by atoms with Gasteiger partial charge in [0.05, 0.1) is 9.35 Å². The Morgan fingerprint density at radius 3 is 2.60 bits per heavy atom. The second-order valence-corrected chi connectivity index (χ2v) is 7.62. The number of phenols is 1. The first-order valence-corrected chi connectivity index (χ1v) is 7.54. The van der Waals surface area contributed by atoms with Crippen LogP contribution in [0.5, 0.6) is 5.75 Å². The molecule has 1 N–H and O–H groups in total. The molecule has 1 nitrogen and oxygen atoms in total. The van der Waals surface area contributed by atoms with Gasteiger partial charge in [-0.05, 0) is 28.1 Å². The van der Waals surface area contributed by atoms with Gasteiger partial charge in [0.15, 0.2) is 0 Å². The average molecular weight is 384 g/mol. The highest BCUT2D eigenvalue weighted by molar-refractivity contribution is 9.11. The molecule has 0 spiro atoms. The minimum absolute atomic E-state index is 0.252. The summed E-state index contributed by atoms with van der Waals surface area (Å²) in [5, 5.41) is 11.9. The molecule has 1 aromatic heterocycles. The van der Waals surface area contributed by atoms with Gasteiger partial charge in [0.25, 0.3) is 0 Å². The number of aromatic hydroxyl groups is 1. The molecule has 0 radical (unpaired) electrons. The molecule has 0 fully saturated rings. The molecule has 0 atom stereocenters. The Hall–Kier alpha value is 0.250. The zero-order chi connectivity index (χ0) is 11.0. The largest absolute Gasteiger partial charge is 0.506 e. The molecule has 78 valence electrons. The topological polar surface area (TPSA) is 20.2 Å². The number of benzene rings is 1. The molecule has 6 heteroatoms. The van der Waals surface area contributed by atoms with Crippen LogP contribution in [-0.2, 0) is 0 Å². The lowest BCUT2D eigenvalue weighted by Crippen LogP contribution is -1.77. The Bertz CT molecular complexity index is 559. The van der Waals surface area contributed by atoms with Gasteiger partial charge >= 0.3 is 0 Å². The van der Waals surface area contributed by atoms with E-state index in [0.29, 0.717) is 4.47 Å². The Morgan fingerprint density at radius 2 is 2.00 bits per heavy atom. The maximum atomic E-state index is 9.89. The second kappa shape index (κ2) is 4.63. The lowest BCUT2D eigenvalue weighted by molar-refractivity contribution is 0.474. The molecule has 0 aliphatic rings. The summed E-state index contributed by atoms with van der Waals surface area (Å²) in [6, 6.07) is 3.69. The molecule has 0 aliphatic carbocycles. The Balaban J connectivity index is 2.67. The van der Waals surface area contributed by atoms with E-state index in [1.165, 1.54) is 22.7 Å². The Morgan fingerprint density at radius 1 is 1.27 bits per heavy atom. The molecule has 2 aromatic rings. The van der Waals surface area contributed by atoms with Crippen molar-refractivity contribution in [2.75, 3.05) is 0 Å². The van der Waals surface area contributed by atoms with E-state index in [0.717, 1.165) is 18.1 Å². The first-order valence-electron chi connectivity index (χ1n) is 3.85. The number of hydrogen-bond acceptors (Lipinski definition) is 4. The zero-order valence-corrected chi connectivity index (χ0v) is 12.8. The van der Waals surface area contributed by atoms with Crippen molar-refractivity contribution in [2.24, 2.45) is 0 Å². The fourth-order valence-electron chi connectivity index (χ4n) is 1.11. The van der Waals surface area contributed by atoms with Gasteiger partial charge in [0.2, 0.25) is 0 Å². The van der Waals surface area contributed by atoms with E-state index in [4.69, 9.17) is 12.2 Å². The Labute approximate surface area is 117 Å². The predicted molar refractivity (Wildman–Crippen MR) is 75.5 cm³/mol. The number of phenolic OH excluding ortho intramolecular Hbond substituents is 1. The summed E-state index contributed by atoms with van der Waals surface area (Å²) < 4.78 is 2.46. The van der Waals surface area contributed by atoms with Crippen molar-refractivity contribution >= 4 is 66.8 Å². The standard InChI is InChI=1S/C9H4Br2OS3/c10-4-1-5(8(12)6(11)2-4)7-3-14-9(13)15-7/h1-3,12H. The van der Waals surface area contributed by atoms with Crippen LogP contribution in [0.4, 0.5) is 0 Å². The van der Waals surface area contributed by atoms with Crippen LogP contribution in [-0.4, -0.2) is 5.11 Å². The van der Waals surface area contributed by atoms with Gasteiger partial charge in [-0.3, -0.25) is 0 Å². The fourth-order valence-corrected chi connectivity index (χ4v) is 4.47. The van der Waals surface area contributed by atoms with Gasteiger partial charge in [-0.25, -0.2) is 0 Å². The van der Waals surface area contributed by atoms with Crippen LogP contribution in [0.1, 0.15) is 0 Å². The highest BCUT2D eigenvalue weighted by Gasteiger charge is 2.10. The summed E-state index contributed by atoms with van der Waals surface area (Å²) >= 11 is 14.8. The molecule has 0 saturated carbocycles. The molecule has 0 aliphatic heterocycles. The first-order chi connectivity index (χ1) is 7.08. The van der Waals surface area contributed by atoms with Crippen molar-refractivity contribution in [1.29, 1.82) is 0 Å². The number of rotatable bonds is 1. The van der Waals surface area contributed by atoms with Crippen LogP contribution >= 0.6 is 66.8 Å². The van der Waals surface area contributed by atoms with Crippen molar-refractivity contribution in [3.05, 3.63) is 29.6 Å². The summed E-state index contributed by atoms with van der Waals surface area (Å²) in [7, 11) is 0. The van der Waals surface area contributed by atoms with Crippen LogP contribution in [0.3, 0.4) is 0 Å². The lowest BCUT2D eigenvalue weighted by Gasteiger charge is -2.04. The van der Waals surface area contributed by atoms with E-state index in [2.05, 4.69) is 31.9 Å². The monoisotopic (exact) mass is 382 g/mol. The zero-order valence-electron chi connectivity index (χ0n) is 7.16. The predicted octanol–water partition coefficient (Wildman–Crippen LogP) is 5.44. The highest BCUT2D eigenvalue weighted by atomic mass is 79.9. The van der Waals surface area contributed by atoms with Crippen LogP contribution in [0, 0.1) is 3.14 Å². The molecular weight excluding hydrogens is 380 g/mol. The van der Waals surface area contributed by atoms with E-state index in [1.54, 1.807) is 0 Å². The lowest BCUT2D eigenvalue weighted by atomic mass is 10.2. The molecule has 0 bridgehead atoms. The molecule has 1 heterocycles. The van der Waals surface area contributed by atoms with Crippen molar-refractivity contribution in [1.82, 2.24) is 0 Å². The van der Waals surface area contributed by atoms with Gasteiger partial charge in [-0.1, -0.05) is 28.1 Å². The molecular formula is C9H4Br2OS3. The molecule has 0 unspecified atom stereocenters. The summed E-state index contributed by atoms with van der Waals surface area (Å²) in [6.07, 6.45) is 0. The smallest absolute Gasteiger partial charge is 0.144 e.